The second-order valence-electron chi connectivity index (χ2n) is 14.8. The first-order chi connectivity index (χ1) is 34.7. The molecule has 76 heavy (non-hydrogen) atoms. The first kappa shape index (κ1) is 61.4. The Balaban J connectivity index is 0.000000267. The van der Waals surface area contributed by atoms with Crippen molar-refractivity contribution in [2.75, 3.05) is 0 Å². The molecule has 372 valence electrons. The average Bonchev–Trinajstić information content (AvgIpc) is 3.39. The second-order valence-corrected chi connectivity index (χ2v) is 14.8. The molecule has 0 amide bonds. The SMILES string of the molecule is O=C(O)c1ccc(C(=O)[O-])c(Oc2ccccc2C(=O)[O-])c1.O=C(O)c1ccc(C(=O)[O-])c(Oc2ccccc2C(=O)[O-])c1.[Cd+2].[Cd+2].[OH3+].[OH3+].c1cnc2c(c1)ccc1cccnc12.c1cnc2c(c1)ccc1cccnc12. The summed E-state index contributed by atoms with van der Waals surface area (Å²) < 4.78 is 10.5. The monoisotopic (exact) mass is 1230 g/mol. The fourth-order valence-corrected chi connectivity index (χ4v) is 6.86. The maximum absolute atomic E-state index is 11.0. The van der Waals surface area contributed by atoms with Gasteiger partial charge in [0.15, 0.2) is 0 Å². The Morgan fingerprint density at radius 2 is 0.605 bits per heavy atom. The quantitative estimate of drug-likeness (QED) is 0.112. The van der Waals surface area contributed by atoms with Gasteiger partial charge in [0.1, 0.15) is 23.0 Å². The van der Waals surface area contributed by atoms with E-state index in [1.807, 2.05) is 24.3 Å². The number of hydrogen-bond acceptors (Lipinski definition) is 16. The number of aromatic carboxylic acids is 6. The molecule has 0 aliphatic carbocycles. The molecule has 22 heteroatoms. The van der Waals surface area contributed by atoms with Crippen LogP contribution in [-0.4, -0.2) is 66.0 Å². The third-order valence-electron chi connectivity index (χ3n) is 10.2. The zero-order chi connectivity index (χ0) is 51.3. The number of pyridine rings is 4. The van der Waals surface area contributed by atoms with Crippen LogP contribution in [0.4, 0.5) is 0 Å². The summed E-state index contributed by atoms with van der Waals surface area (Å²) in [5, 5.41) is 66.5. The van der Waals surface area contributed by atoms with Gasteiger partial charge in [-0.3, -0.25) is 19.9 Å². The van der Waals surface area contributed by atoms with Crippen LogP contribution in [0.1, 0.15) is 62.1 Å². The topological polar surface area (TPSA) is 371 Å². The maximum atomic E-state index is 11.0. The predicted molar refractivity (Wildman–Crippen MR) is 261 cm³/mol. The standard InChI is InChI=1S/2C15H10O7.2C12H8N2.2Cd.2H2O/c2*16-13(17)8-5-6-10(15(20)21)12(7-8)22-11-4-2-1-3-9(11)14(18)19;2*1-3-9-5-6-10-4-2-8-14-12(10)11(9)13-7-1;;;;/h2*1-7H,(H,16,17)(H,18,19)(H,20,21);2*1-8H;;;2*1H2/q;;;;2*+2;;/p-2. The Hall–Kier alpha value is -8.86. The summed E-state index contributed by atoms with van der Waals surface area (Å²) in [7, 11) is 0. The van der Waals surface area contributed by atoms with Crippen molar-refractivity contribution in [2.45, 2.75) is 0 Å². The molecular weight excluding hydrogens is 1190 g/mol. The summed E-state index contributed by atoms with van der Waals surface area (Å²) >= 11 is 0. The van der Waals surface area contributed by atoms with Gasteiger partial charge in [0, 0.05) is 68.6 Å². The molecule has 0 saturated heterocycles. The van der Waals surface area contributed by atoms with Crippen molar-refractivity contribution >= 4 is 79.4 Å². The average molecular weight is 1220 g/mol. The zero-order valence-corrected chi connectivity index (χ0v) is 47.5. The number of nitrogens with zero attached hydrogens (tertiary/aromatic N) is 4. The summed E-state index contributed by atoms with van der Waals surface area (Å²) in [6.07, 6.45) is 7.21. The molecule has 10 rings (SSSR count). The van der Waals surface area contributed by atoms with Gasteiger partial charge in [0.25, 0.3) is 0 Å². The Morgan fingerprint density at radius 3 is 0.868 bits per heavy atom. The van der Waals surface area contributed by atoms with Crippen LogP contribution in [-0.2, 0) is 65.5 Å². The number of para-hydroxylation sites is 2. The molecule has 0 fully saturated rings. The molecule has 0 aliphatic heterocycles. The van der Waals surface area contributed by atoms with E-state index in [1.165, 1.54) is 48.5 Å². The normalized spacial score (nSPS) is 9.79. The van der Waals surface area contributed by atoms with Gasteiger partial charge in [-0.2, -0.15) is 0 Å². The summed E-state index contributed by atoms with van der Waals surface area (Å²) in [5.74, 6) is -9.80. The summed E-state index contributed by atoms with van der Waals surface area (Å²) in [6, 6.07) is 41.2. The van der Waals surface area contributed by atoms with Crippen LogP contribution in [0.2, 0.25) is 0 Å². The fourth-order valence-electron chi connectivity index (χ4n) is 6.86. The summed E-state index contributed by atoms with van der Waals surface area (Å²) in [5.41, 5.74) is 2.07. The van der Waals surface area contributed by atoms with Gasteiger partial charge < -0.3 is 70.2 Å². The van der Waals surface area contributed by atoms with E-state index in [-0.39, 0.29) is 111 Å². The summed E-state index contributed by atoms with van der Waals surface area (Å²) in [6.45, 7) is 0. The number of benzene rings is 6. The molecule has 20 nitrogen and oxygen atoms in total. The predicted octanol–water partition coefficient (Wildman–Crippen LogP) is 3.53. The minimum absolute atomic E-state index is 0. The molecule has 0 aliphatic rings. The number of carboxylic acid groups (broad SMARTS) is 6. The minimum Gasteiger partial charge on any atom is -0.545 e. The molecule has 0 bridgehead atoms. The van der Waals surface area contributed by atoms with Gasteiger partial charge in [0.05, 0.1) is 57.1 Å². The smallest absolute Gasteiger partial charge is 0.545 e. The molecule has 0 atom stereocenters. The van der Waals surface area contributed by atoms with Crippen molar-refractivity contribution in [3.63, 3.8) is 0 Å². The van der Waals surface area contributed by atoms with Crippen molar-refractivity contribution in [3.05, 3.63) is 216 Å². The van der Waals surface area contributed by atoms with E-state index < -0.39 is 46.9 Å². The van der Waals surface area contributed by atoms with Crippen LogP contribution in [0.25, 0.3) is 43.6 Å². The third kappa shape index (κ3) is 15.1. The number of carbonyl (C=O) groups excluding carboxylic acids is 4. The molecule has 10 aromatic rings. The second kappa shape index (κ2) is 28.6. The first-order valence-electron chi connectivity index (χ1n) is 21.0. The first-order valence-corrected chi connectivity index (χ1v) is 21.0. The number of ether oxygens (including phenoxy) is 2. The van der Waals surface area contributed by atoms with E-state index in [4.69, 9.17) is 19.7 Å². The minimum atomic E-state index is -1.59. The van der Waals surface area contributed by atoms with E-state index in [0.717, 1.165) is 80.0 Å². The Kier molecular flexibility index (Phi) is 23.1. The Labute approximate surface area is 469 Å². The van der Waals surface area contributed by atoms with Crippen LogP contribution < -0.4 is 29.9 Å². The van der Waals surface area contributed by atoms with Crippen LogP contribution >= 0.6 is 0 Å². The molecule has 6 aromatic carbocycles. The maximum Gasteiger partial charge on any atom is 2.00 e. The molecule has 8 N–H and O–H groups in total. The summed E-state index contributed by atoms with van der Waals surface area (Å²) in [4.78, 5) is 83.3. The van der Waals surface area contributed by atoms with E-state index in [2.05, 4.69) is 68.5 Å². The third-order valence-corrected chi connectivity index (χ3v) is 10.2. The van der Waals surface area contributed by atoms with Crippen molar-refractivity contribution < 1.29 is 134 Å². The molecular formula is C54H38Cd2N4O16+2. The van der Waals surface area contributed by atoms with Gasteiger partial charge in [-0.05, 0) is 84.9 Å². The van der Waals surface area contributed by atoms with Gasteiger partial charge >= 0.3 is 66.5 Å². The zero-order valence-electron chi connectivity index (χ0n) is 39.5. The van der Waals surface area contributed by atoms with E-state index in [9.17, 15) is 49.2 Å². The van der Waals surface area contributed by atoms with Gasteiger partial charge in [0.2, 0.25) is 0 Å². The number of carbonyl (C=O) groups is 6. The van der Waals surface area contributed by atoms with Crippen LogP contribution in [0.15, 0.2) is 183 Å². The van der Waals surface area contributed by atoms with Gasteiger partial charge in [-0.25, -0.2) is 9.59 Å². The molecule has 4 heterocycles. The van der Waals surface area contributed by atoms with Gasteiger partial charge in [-0.1, -0.05) is 72.8 Å². The van der Waals surface area contributed by atoms with Gasteiger partial charge in [-0.15, -0.1) is 0 Å². The fraction of sp³-hybridized carbons (Fsp3) is 0. The molecule has 0 spiro atoms. The van der Waals surface area contributed by atoms with Crippen molar-refractivity contribution in [2.24, 2.45) is 0 Å². The van der Waals surface area contributed by atoms with Crippen molar-refractivity contribution in [1.29, 1.82) is 0 Å². The van der Waals surface area contributed by atoms with E-state index in [1.54, 1.807) is 24.8 Å². The molecule has 4 aromatic heterocycles. The molecule has 0 unspecified atom stereocenters. The number of rotatable bonds is 10. The van der Waals surface area contributed by atoms with E-state index >= 15 is 0 Å². The van der Waals surface area contributed by atoms with Crippen LogP contribution in [0.5, 0.6) is 23.0 Å². The largest absolute Gasteiger partial charge is 2.00 e. The van der Waals surface area contributed by atoms with Crippen molar-refractivity contribution in [1.82, 2.24) is 19.9 Å². The molecule has 0 saturated carbocycles. The Morgan fingerprint density at radius 1 is 0.342 bits per heavy atom. The Bertz CT molecular complexity index is 3380. The van der Waals surface area contributed by atoms with E-state index in [0.29, 0.717) is 0 Å². The number of carboxylic acids is 6. The molecule has 0 radical (unpaired) electrons. The number of hydrogen-bond donors (Lipinski definition) is 2. The van der Waals surface area contributed by atoms with Crippen LogP contribution in [0.3, 0.4) is 0 Å². The number of fused-ring (bicyclic) bond motifs is 6. The van der Waals surface area contributed by atoms with Crippen LogP contribution in [0, 0.1) is 0 Å². The van der Waals surface area contributed by atoms with Crippen molar-refractivity contribution in [3.8, 4) is 23.0 Å². The number of aromatic nitrogens is 4.